The molecule has 16 heavy (non-hydrogen) atoms. The van der Waals surface area contributed by atoms with Gasteiger partial charge >= 0.3 is 0 Å². The summed E-state index contributed by atoms with van der Waals surface area (Å²) in [6.07, 6.45) is 4.58. The standard InChI is InChI=1S/C15H20O/c1-11-7-9-13(10-8-11)15(16)14-6-4-3-5-12(14)2/h3-6,11,13H,7-10H2,1-2H3. The third kappa shape index (κ3) is 2.34. The van der Waals surface area contributed by atoms with Gasteiger partial charge in [-0.3, -0.25) is 4.79 Å². The molecule has 0 atom stereocenters. The molecule has 0 unspecified atom stereocenters. The van der Waals surface area contributed by atoms with E-state index in [1.807, 2.05) is 31.2 Å². The first kappa shape index (κ1) is 11.4. The number of aryl methyl sites for hydroxylation is 1. The quantitative estimate of drug-likeness (QED) is 0.683. The van der Waals surface area contributed by atoms with E-state index in [2.05, 4.69) is 6.92 Å². The van der Waals surface area contributed by atoms with Gasteiger partial charge in [-0.1, -0.05) is 44.0 Å². The molecule has 1 aromatic rings. The Kier molecular flexibility index (Phi) is 3.42. The molecule has 2 rings (SSSR count). The van der Waals surface area contributed by atoms with Gasteiger partial charge < -0.3 is 0 Å². The van der Waals surface area contributed by atoms with Crippen molar-refractivity contribution in [2.45, 2.75) is 39.5 Å². The van der Waals surface area contributed by atoms with Crippen LogP contribution in [-0.2, 0) is 0 Å². The molecule has 0 spiro atoms. The highest BCUT2D eigenvalue weighted by molar-refractivity contribution is 5.99. The van der Waals surface area contributed by atoms with Gasteiger partial charge in [0.1, 0.15) is 0 Å². The Bertz CT molecular complexity index is 373. The van der Waals surface area contributed by atoms with E-state index in [0.717, 1.165) is 29.9 Å². The van der Waals surface area contributed by atoms with Crippen LogP contribution < -0.4 is 0 Å². The average molecular weight is 216 g/mol. The van der Waals surface area contributed by atoms with Gasteiger partial charge in [0.25, 0.3) is 0 Å². The molecule has 1 aromatic carbocycles. The SMILES string of the molecule is Cc1ccccc1C(=O)C1CCC(C)CC1. The summed E-state index contributed by atoms with van der Waals surface area (Å²) in [5.74, 6) is 1.45. The van der Waals surface area contributed by atoms with Gasteiger partial charge in [-0.2, -0.15) is 0 Å². The van der Waals surface area contributed by atoms with Gasteiger partial charge in [-0.15, -0.1) is 0 Å². The minimum atomic E-state index is 0.275. The largest absolute Gasteiger partial charge is 0.294 e. The Hall–Kier alpha value is -1.11. The smallest absolute Gasteiger partial charge is 0.166 e. The van der Waals surface area contributed by atoms with E-state index in [-0.39, 0.29) is 5.92 Å². The van der Waals surface area contributed by atoms with Crippen molar-refractivity contribution >= 4 is 5.78 Å². The second-order valence-corrected chi connectivity index (χ2v) is 5.14. The molecule has 1 aliphatic carbocycles. The van der Waals surface area contributed by atoms with Crippen molar-refractivity contribution in [2.24, 2.45) is 11.8 Å². The zero-order valence-corrected chi connectivity index (χ0v) is 10.2. The zero-order valence-electron chi connectivity index (χ0n) is 10.2. The highest BCUT2D eigenvalue weighted by Crippen LogP contribution is 2.31. The number of carbonyl (C=O) groups excluding carboxylic acids is 1. The second kappa shape index (κ2) is 4.82. The van der Waals surface area contributed by atoms with Crippen molar-refractivity contribution in [2.75, 3.05) is 0 Å². The number of hydrogen-bond donors (Lipinski definition) is 0. The number of hydrogen-bond acceptors (Lipinski definition) is 1. The fourth-order valence-corrected chi connectivity index (χ4v) is 2.59. The Labute approximate surface area is 97.9 Å². The minimum absolute atomic E-state index is 0.275. The van der Waals surface area contributed by atoms with E-state index < -0.39 is 0 Å². The minimum Gasteiger partial charge on any atom is -0.294 e. The van der Waals surface area contributed by atoms with E-state index in [9.17, 15) is 4.79 Å². The summed E-state index contributed by atoms with van der Waals surface area (Å²) in [7, 11) is 0. The predicted octanol–water partition coefficient (Wildman–Crippen LogP) is 4.00. The van der Waals surface area contributed by atoms with E-state index in [1.165, 1.54) is 12.8 Å². The van der Waals surface area contributed by atoms with E-state index in [4.69, 9.17) is 0 Å². The topological polar surface area (TPSA) is 17.1 Å². The van der Waals surface area contributed by atoms with Gasteiger partial charge in [0.15, 0.2) is 5.78 Å². The maximum Gasteiger partial charge on any atom is 0.166 e. The molecule has 0 bridgehead atoms. The summed E-state index contributed by atoms with van der Waals surface area (Å²) in [5, 5.41) is 0. The van der Waals surface area contributed by atoms with E-state index in [1.54, 1.807) is 0 Å². The van der Waals surface area contributed by atoms with Crippen LogP contribution in [-0.4, -0.2) is 5.78 Å². The fraction of sp³-hybridized carbons (Fsp3) is 0.533. The molecule has 0 amide bonds. The summed E-state index contributed by atoms with van der Waals surface area (Å²) in [6.45, 7) is 4.31. The van der Waals surface area contributed by atoms with Crippen LogP contribution in [0.15, 0.2) is 24.3 Å². The lowest BCUT2D eigenvalue weighted by molar-refractivity contribution is 0.0875. The molecule has 1 nitrogen and oxygen atoms in total. The molecule has 0 radical (unpaired) electrons. The highest BCUT2D eigenvalue weighted by atomic mass is 16.1. The monoisotopic (exact) mass is 216 g/mol. The zero-order chi connectivity index (χ0) is 11.5. The van der Waals surface area contributed by atoms with Gasteiger partial charge in [-0.05, 0) is 31.2 Å². The van der Waals surface area contributed by atoms with Crippen LogP contribution in [0.4, 0.5) is 0 Å². The van der Waals surface area contributed by atoms with Gasteiger partial charge in [0, 0.05) is 11.5 Å². The summed E-state index contributed by atoms with van der Waals surface area (Å²) in [4.78, 5) is 12.3. The second-order valence-electron chi connectivity index (χ2n) is 5.14. The van der Waals surface area contributed by atoms with Crippen molar-refractivity contribution in [1.29, 1.82) is 0 Å². The van der Waals surface area contributed by atoms with Crippen molar-refractivity contribution < 1.29 is 4.79 Å². The summed E-state index contributed by atoms with van der Waals surface area (Å²) < 4.78 is 0. The Morgan fingerprint density at radius 3 is 2.38 bits per heavy atom. The number of benzene rings is 1. The number of rotatable bonds is 2. The first-order valence-electron chi connectivity index (χ1n) is 6.28. The molecule has 1 saturated carbocycles. The normalized spacial score (nSPS) is 25.4. The molecule has 0 heterocycles. The van der Waals surface area contributed by atoms with Crippen LogP contribution in [0, 0.1) is 18.8 Å². The van der Waals surface area contributed by atoms with E-state index >= 15 is 0 Å². The van der Waals surface area contributed by atoms with Gasteiger partial charge in [0.05, 0.1) is 0 Å². The Morgan fingerprint density at radius 2 is 1.75 bits per heavy atom. The third-order valence-corrected chi connectivity index (χ3v) is 3.80. The molecule has 1 fully saturated rings. The molecular weight excluding hydrogens is 196 g/mol. The van der Waals surface area contributed by atoms with Crippen LogP contribution >= 0.6 is 0 Å². The molecule has 0 aliphatic heterocycles. The van der Waals surface area contributed by atoms with Crippen LogP contribution in [0.2, 0.25) is 0 Å². The lowest BCUT2D eigenvalue weighted by Crippen LogP contribution is -2.21. The fourth-order valence-electron chi connectivity index (χ4n) is 2.59. The van der Waals surface area contributed by atoms with Crippen molar-refractivity contribution in [3.05, 3.63) is 35.4 Å². The van der Waals surface area contributed by atoms with Crippen LogP contribution in [0.5, 0.6) is 0 Å². The number of ketones is 1. The molecule has 1 heteroatoms. The summed E-state index contributed by atoms with van der Waals surface area (Å²) >= 11 is 0. The molecular formula is C15H20O. The summed E-state index contributed by atoms with van der Waals surface area (Å²) in [5.41, 5.74) is 2.05. The lowest BCUT2D eigenvalue weighted by Gasteiger charge is -2.25. The van der Waals surface area contributed by atoms with Crippen molar-refractivity contribution in [1.82, 2.24) is 0 Å². The van der Waals surface area contributed by atoms with Gasteiger partial charge in [-0.25, -0.2) is 0 Å². The predicted molar refractivity (Wildman–Crippen MR) is 66.6 cm³/mol. The van der Waals surface area contributed by atoms with Crippen molar-refractivity contribution in [3.63, 3.8) is 0 Å². The third-order valence-electron chi connectivity index (χ3n) is 3.80. The summed E-state index contributed by atoms with van der Waals surface area (Å²) in [6, 6.07) is 7.95. The molecule has 0 aromatic heterocycles. The number of carbonyl (C=O) groups is 1. The Morgan fingerprint density at radius 1 is 1.12 bits per heavy atom. The van der Waals surface area contributed by atoms with E-state index in [0.29, 0.717) is 5.78 Å². The molecule has 86 valence electrons. The average Bonchev–Trinajstić information content (AvgIpc) is 2.30. The lowest BCUT2D eigenvalue weighted by atomic mass is 9.79. The molecule has 0 N–H and O–H groups in total. The van der Waals surface area contributed by atoms with Crippen LogP contribution in [0.25, 0.3) is 0 Å². The van der Waals surface area contributed by atoms with Crippen LogP contribution in [0.1, 0.15) is 48.5 Å². The van der Waals surface area contributed by atoms with Crippen LogP contribution in [0.3, 0.4) is 0 Å². The maximum absolute atomic E-state index is 12.3. The molecule has 1 aliphatic rings. The first-order chi connectivity index (χ1) is 7.68. The highest BCUT2D eigenvalue weighted by Gasteiger charge is 2.25. The first-order valence-corrected chi connectivity index (χ1v) is 6.28. The van der Waals surface area contributed by atoms with Gasteiger partial charge in [0.2, 0.25) is 0 Å². The molecule has 0 saturated heterocycles. The maximum atomic E-state index is 12.3. The number of Topliss-reactive ketones (excluding diaryl/α,β-unsaturated/α-hetero) is 1. The Balaban J connectivity index is 2.11. The van der Waals surface area contributed by atoms with Crippen molar-refractivity contribution in [3.8, 4) is 0 Å².